The summed E-state index contributed by atoms with van der Waals surface area (Å²) < 4.78 is 13.8. The van der Waals surface area contributed by atoms with Crippen LogP contribution in [0, 0.1) is 6.92 Å². The summed E-state index contributed by atoms with van der Waals surface area (Å²) in [6, 6.07) is 8.99. The predicted octanol–water partition coefficient (Wildman–Crippen LogP) is 3.34. The van der Waals surface area contributed by atoms with Crippen molar-refractivity contribution in [1.82, 2.24) is 20.4 Å². The number of nitrogens with zero attached hydrogens (tertiary/aromatic N) is 3. The predicted molar refractivity (Wildman–Crippen MR) is 118 cm³/mol. The number of nitrogens with one attached hydrogen (secondary N) is 2. The molecule has 1 atom stereocenters. The van der Waals surface area contributed by atoms with Gasteiger partial charge in [-0.05, 0) is 37.5 Å². The zero-order chi connectivity index (χ0) is 20.8. The monoisotopic (exact) mass is 411 g/mol. The maximum absolute atomic E-state index is 6.20. The Labute approximate surface area is 178 Å². The van der Waals surface area contributed by atoms with Crippen LogP contribution in [0.15, 0.2) is 35.5 Å². The molecule has 0 amide bonds. The summed E-state index contributed by atoms with van der Waals surface area (Å²) in [6.07, 6.45) is 8.29. The van der Waals surface area contributed by atoms with E-state index in [2.05, 4.69) is 57.7 Å². The van der Waals surface area contributed by atoms with Crippen molar-refractivity contribution in [3.63, 3.8) is 0 Å². The fraction of sp³-hybridized carbons (Fsp3) is 0.565. The van der Waals surface area contributed by atoms with Crippen molar-refractivity contribution in [2.75, 3.05) is 20.3 Å². The standard InChI is InChI=1S/C23H33N5O2/c1-17-7-8-18(22(13-17)30-21-10-12-29-16-21)14-25-23(24-2)26-15-19-9-11-28(27-19)20-5-3-4-6-20/h7-9,11,13,20-21H,3-6,10,12,14-16H2,1-2H3,(H2,24,25,26). The van der Waals surface area contributed by atoms with Crippen molar-refractivity contribution in [2.45, 2.75) is 64.3 Å². The highest BCUT2D eigenvalue weighted by Crippen LogP contribution is 2.28. The van der Waals surface area contributed by atoms with E-state index in [1.807, 2.05) is 0 Å². The van der Waals surface area contributed by atoms with E-state index in [4.69, 9.17) is 14.6 Å². The van der Waals surface area contributed by atoms with Crippen LogP contribution in [0.25, 0.3) is 0 Å². The first-order chi connectivity index (χ1) is 14.7. The number of hydrogen-bond donors (Lipinski definition) is 2. The molecule has 1 aromatic heterocycles. The van der Waals surface area contributed by atoms with Gasteiger partial charge in [0.25, 0.3) is 0 Å². The molecular weight excluding hydrogens is 378 g/mol. The molecule has 7 heteroatoms. The van der Waals surface area contributed by atoms with Gasteiger partial charge in [0.2, 0.25) is 0 Å². The molecule has 0 spiro atoms. The van der Waals surface area contributed by atoms with Crippen molar-refractivity contribution in [3.05, 3.63) is 47.3 Å². The molecule has 2 fully saturated rings. The Morgan fingerprint density at radius 1 is 1.20 bits per heavy atom. The van der Waals surface area contributed by atoms with Gasteiger partial charge >= 0.3 is 0 Å². The van der Waals surface area contributed by atoms with Crippen molar-refractivity contribution in [2.24, 2.45) is 4.99 Å². The van der Waals surface area contributed by atoms with E-state index >= 15 is 0 Å². The molecule has 0 bridgehead atoms. The molecule has 1 aliphatic heterocycles. The van der Waals surface area contributed by atoms with Crippen LogP contribution < -0.4 is 15.4 Å². The molecule has 4 rings (SSSR count). The number of ether oxygens (including phenoxy) is 2. The SMILES string of the molecule is CN=C(NCc1ccn(C2CCCC2)n1)NCc1ccc(C)cc1OC1CCOC1. The van der Waals surface area contributed by atoms with Gasteiger partial charge in [-0.1, -0.05) is 25.0 Å². The fourth-order valence-electron chi connectivity index (χ4n) is 4.12. The average Bonchev–Trinajstić information content (AvgIpc) is 3.52. The van der Waals surface area contributed by atoms with Crippen LogP contribution in [-0.4, -0.2) is 42.1 Å². The molecular formula is C23H33N5O2. The molecule has 2 heterocycles. The Morgan fingerprint density at radius 3 is 2.80 bits per heavy atom. The maximum atomic E-state index is 6.20. The van der Waals surface area contributed by atoms with E-state index in [1.165, 1.54) is 31.2 Å². The van der Waals surface area contributed by atoms with Crippen molar-refractivity contribution in [1.29, 1.82) is 0 Å². The number of aryl methyl sites for hydroxylation is 1. The van der Waals surface area contributed by atoms with Gasteiger partial charge in [-0.2, -0.15) is 5.10 Å². The molecule has 0 radical (unpaired) electrons. The van der Waals surface area contributed by atoms with Crippen molar-refractivity contribution in [3.8, 4) is 5.75 Å². The minimum absolute atomic E-state index is 0.137. The highest BCUT2D eigenvalue weighted by Gasteiger charge is 2.19. The molecule has 1 aliphatic carbocycles. The second kappa shape index (κ2) is 9.98. The Hall–Kier alpha value is -2.54. The Morgan fingerprint density at radius 2 is 2.03 bits per heavy atom. The average molecular weight is 412 g/mol. The summed E-state index contributed by atoms with van der Waals surface area (Å²) in [5, 5.41) is 11.5. The van der Waals surface area contributed by atoms with E-state index in [9.17, 15) is 0 Å². The highest BCUT2D eigenvalue weighted by atomic mass is 16.5. The van der Waals surface area contributed by atoms with Gasteiger partial charge in [-0.3, -0.25) is 9.67 Å². The van der Waals surface area contributed by atoms with Gasteiger partial charge in [-0.25, -0.2) is 0 Å². The molecule has 30 heavy (non-hydrogen) atoms. The van der Waals surface area contributed by atoms with Crippen LogP contribution >= 0.6 is 0 Å². The third kappa shape index (κ3) is 5.33. The summed E-state index contributed by atoms with van der Waals surface area (Å²) in [6.45, 7) is 4.81. The first-order valence-electron chi connectivity index (χ1n) is 11.0. The van der Waals surface area contributed by atoms with Crippen LogP contribution in [0.3, 0.4) is 0 Å². The Bertz CT molecular complexity index is 851. The smallest absolute Gasteiger partial charge is 0.191 e. The molecule has 2 N–H and O–H groups in total. The lowest BCUT2D eigenvalue weighted by molar-refractivity contribution is 0.140. The van der Waals surface area contributed by atoms with Crippen LogP contribution in [0.1, 0.15) is 55.0 Å². The minimum atomic E-state index is 0.137. The summed E-state index contributed by atoms with van der Waals surface area (Å²) in [5.74, 6) is 1.67. The topological polar surface area (TPSA) is 72.7 Å². The summed E-state index contributed by atoms with van der Waals surface area (Å²) >= 11 is 0. The summed E-state index contributed by atoms with van der Waals surface area (Å²) in [7, 11) is 1.79. The maximum Gasteiger partial charge on any atom is 0.191 e. The number of benzene rings is 1. The van der Waals surface area contributed by atoms with Crippen LogP contribution in [0.4, 0.5) is 0 Å². The Balaban J connectivity index is 1.31. The van der Waals surface area contributed by atoms with E-state index < -0.39 is 0 Å². The molecule has 7 nitrogen and oxygen atoms in total. The van der Waals surface area contributed by atoms with Gasteiger partial charge in [-0.15, -0.1) is 0 Å². The van der Waals surface area contributed by atoms with E-state index in [0.29, 0.717) is 25.7 Å². The minimum Gasteiger partial charge on any atom is -0.488 e. The third-order valence-corrected chi connectivity index (χ3v) is 5.87. The van der Waals surface area contributed by atoms with Gasteiger partial charge in [0.1, 0.15) is 11.9 Å². The largest absolute Gasteiger partial charge is 0.488 e. The first-order valence-corrected chi connectivity index (χ1v) is 11.0. The zero-order valence-electron chi connectivity index (χ0n) is 18.1. The van der Waals surface area contributed by atoms with Crippen LogP contribution in [-0.2, 0) is 17.8 Å². The van der Waals surface area contributed by atoms with E-state index in [1.54, 1.807) is 7.05 Å². The quantitative estimate of drug-likeness (QED) is 0.540. The van der Waals surface area contributed by atoms with Gasteiger partial charge in [0.05, 0.1) is 31.5 Å². The van der Waals surface area contributed by atoms with Gasteiger partial charge < -0.3 is 20.1 Å². The molecule has 1 saturated carbocycles. The lowest BCUT2D eigenvalue weighted by Gasteiger charge is -2.18. The summed E-state index contributed by atoms with van der Waals surface area (Å²) in [4.78, 5) is 4.35. The lowest BCUT2D eigenvalue weighted by Crippen LogP contribution is -2.36. The zero-order valence-corrected chi connectivity index (χ0v) is 18.1. The van der Waals surface area contributed by atoms with Crippen LogP contribution in [0.5, 0.6) is 5.75 Å². The van der Waals surface area contributed by atoms with Gasteiger partial charge in [0.15, 0.2) is 5.96 Å². The number of hydrogen-bond acceptors (Lipinski definition) is 4. The third-order valence-electron chi connectivity index (χ3n) is 5.87. The molecule has 2 aliphatic rings. The second-order valence-corrected chi connectivity index (χ2v) is 8.22. The fourth-order valence-corrected chi connectivity index (χ4v) is 4.12. The van der Waals surface area contributed by atoms with Crippen molar-refractivity contribution >= 4 is 5.96 Å². The van der Waals surface area contributed by atoms with E-state index in [0.717, 1.165) is 36.0 Å². The number of rotatable bonds is 7. The normalized spacial score (nSPS) is 19.9. The van der Waals surface area contributed by atoms with Gasteiger partial charge in [0, 0.05) is 31.8 Å². The van der Waals surface area contributed by atoms with E-state index in [-0.39, 0.29) is 6.10 Å². The summed E-state index contributed by atoms with van der Waals surface area (Å²) in [5.41, 5.74) is 3.33. The molecule has 1 saturated heterocycles. The number of aromatic nitrogens is 2. The Kier molecular flexibility index (Phi) is 6.89. The number of aliphatic imine (C=N–C) groups is 1. The molecule has 1 aromatic carbocycles. The van der Waals surface area contributed by atoms with Crippen molar-refractivity contribution < 1.29 is 9.47 Å². The molecule has 162 valence electrons. The second-order valence-electron chi connectivity index (χ2n) is 8.22. The number of guanidine groups is 1. The molecule has 1 unspecified atom stereocenters. The molecule has 2 aromatic rings. The first kappa shape index (κ1) is 20.7. The highest BCUT2D eigenvalue weighted by molar-refractivity contribution is 5.79. The lowest BCUT2D eigenvalue weighted by atomic mass is 10.1. The van der Waals surface area contributed by atoms with Crippen LogP contribution in [0.2, 0.25) is 0 Å².